The zero-order chi connectivity index (χ0) is 23.6. The van der Waals surface area contributed by atoms with Crippen LogP contribution in [0.3, 0.4) is 0 Å². The second-order valence-corrected chi connectivity index (χ2v) is 10.7. The maximum atomic E-state index is 13.8. The summed E-state index contributed by atoms with van der Waals surface area (Å²) in [7, 11) is -2.09. The van der Waals surface area contributed by atoms with Crippen LogP contribution in [0.2, 0.25) is 5.02 Å². The molecule has 0 fully saturated rings. The summed E-state index contributed by atoms with van der Waals surface area (Å²) < 4.78 is 31.5. The van der Waals surface area contributed by atoms with Crippen LogP contribution in [0, 0.1) is 0 Å². The largest absolute Gasteiger partial charge is 0.494 e. The lowest BCUT2D eigenvalue weighted by Crippen LogP contribution is -2.31. The van der Waals surface area contributed by atoms with Crippen molar-refractivity contribution in [3.63, 3.8) is 0 Å². The first-order valence-electron chi connectivity index (χ1n) is 10.0. The van der Waals surface area contributed by atoms with E-state index in [0.29, 0.717) is 26.1 Å². The number of thiazole rings is 1. The van der Waals surface area contributed by atoms with E-state index in [0.717, 1.165) is 5.56 Å². The number of aromatic nitrogens is 2. The number of sulfone groups is 1. The van der Waals surface area contributed by atoms with Crippen molar-refractivity contribution in [1.29, 1.82) is 0 Å². The molecule has 0 bridgehead atoms. The predicted molar refractivity (Wildman–Crippen MR) is 130 cm³/mol. The average molecular weight is 502 g/mol. The Bertz CT molecular complexity index is 1420. The molecule has 0 spiro atoms. The minimum atomic E-state index is -3.62. The Kier molecular flexibility index (Phi) is 6.64. The number of anilines is 1. The summed E-state index contributed by atoms with van der Waals surface area (Å²) in [6, 6.07) is 13.2. The third-order valence-corrected chi connectivity index (χ3v) is 8.36. The minimum absolute atomic E-state index is 0.00888. The number of amides is 1. The van der Waals surface area contributed by atoms with E-state index in [1.54, 1.807) is 49.6 Å². The lowest BCUT2D eigenvalue weighted by Gasteiger charge is -2.21. The van der Waals surface area contributed by atoms with Crippen LogP contribution in [-0.4, -0.2) is 37.2 Å². The fraction of sp³-hybridized carbons (Fsp3) is 0.174. The van der Waals surface area contributed by atoms with Crippen molar-refractivity contribution in [1.82, 2.24) is 9.97 Å². The van der Waals surface area contributed by atoms with Gasteiger partial charge < -0.3 is 4.74 Å². The summed E-state index contributed by atoms with van der Waals surface area (Å²) in [4.78, 5) is 24.0. The van der Waals surface area contributed by atoms with E-state index < -0.39 is 15.7 Å². The first-order valence-corrected chi connectivity index (χ1v) is 12.9. The van der Waals surface area contributed by atoms with E-state index >= 15 is 0 Å². The number of rotatable bonds is 7. The molecule has 0 N–H and O–H groups in total. The number of pyridine rings is 1. The Balaban J connectivity index is 1.88. The van der Waals surface area contributed by atoms with Crippen LogP contribution >= 0.6 is 22.9 Å². The summed E-state index contributed by atoms with van der Waals surface area (Å²) in [5.41, 5.74) is 1.38. The molecule has 0 aliphatic heterocycles. The van der Waals surface area contributed by atoms with Gasteiger partial charge in [-0.15, -0.1) is 0 Å². The number of hydrogen-bond acceptors (Lipinski definition) is 7. The van der Waals surface area contributed by atoms with Crippen molar-refractivity contribution in [3.8, 4) is 5.75 Å². The number of fused-ring (bicyclic) bond motifs is 1. The summed E-state index contributed by atoms with van der Waals surface area (Å²) in [6.07, 6.45) is 3.29. The number of carbonyl (C=O) groups excluding carboxylic acids is 1. The number of nitrogens with zero attached hydrogens (tertiary/aromatic N) is 3. The fourth-order valence-electron chi connectivity index (χ4n) is 3.34. The molecule has 4 rings (SSSR count). The van der Waals surface area contributed by atoms with Gasteiger partial charge in [-0.3, -0.25) is 14.7 Å². The number of hydrogen-bond donors (Lipinski definition) is 0. The number of ether oxygens (including phenoxy) is 1. The van der Waals surface area contributed by atoms with Crippen LogP contribution in [0.15, 0.2) is 65.8 Å². The molecular formula is C23H20ClN3O4S2. The molecule has 0 saturated heterocycles. The van der Waals surface area contributed by atoms with E-state index in [4.69, 9.17) is 16.3 Å². The molecule has 170 valence electrons. The van der Waals surface area contributed by atoms with Crippen molar-refractivity contribution in [2.24, 2.45) is 0 Å². The summed E-state index contributed by atoms with van der Waals surface area (Å²) in [6.45, 7) is 1.69. The highest BCUT2D eigenvalue weighted by Gasteiger charge is 2.28. The fourth-order valence-corrected chi connectivity index (χ4v) is 5.68. The zero-order valence-electron chi connectivity index (χ0n) is 17.9. The molecule has 10 heteroatoms. The molecule has 0 atom stereocenters. The Labute approximate surface area is 200 Å². The molecule has 4 aromatic rings. The molecule has 7 nitrogen and oxygen atoms in total. The molecule has 1 amide bonds. The molecule has 2 heterocycles. The van der Waals surface area contributed by atoms with Crippen molar-refractivity contribution >= 4 is 54.0 Å². The second kappa shape index (κ2) is 9.46. The van der Waals surface area contributed by atoms with E-state index in [1.165, 1.54) is 35.5 Å². The SMILES string of the molecule is CCS(=O)(=O)c1ccccc1C(=O)N(Cc1cccnc1)c1nc2c(OC)ccc(Cl)c2s1. The van der Waals surface area contributed by atoms with Gasteiger partial charge in [-0.1, -0.05) is 48.1 Å². The van der Waals surface area contributed by atoms with Gasteiger partial charge in [0, 0.05) is 12.4 Å². The van der Waals surface area contributed by atoms with Gasteiger partial charge in [0.25, 0.3) is 5.91 Å². The predicted octanol–water partition coefficient (Wildman–Crippen LogP) is 4.99. The van der Waals surface area contributed by atoms with E-state index in [1.807, 2.05) is 6.07 Å². The third kappa shape index (κ3) is 4.57. The molecule has 0 unspecified atom stereocenters. The molecule has 0 radical (unpaired) electrons. The number of benzene rings is 2. The molecule has 2 aromatic heterocycles. The molecule has 0 aliphatic carbocycles. The van der Waals surface area contributed by atoms with Gasteiger partial charge in [-0.2, -0.15) is 0 Å². The first-order chi connectivity index (χ1) is 15.9. The van der Waals surface area contributed by atoms with E-state index in [2.05, 4.69) is 9.97 Å². The Morgan fingerprint density at radius 1 is 1.15 bits per heavy atom. The van der Waals surface area contributed by atoms with Crippen LogP contribution in [0.5, 0.6) is 5.75 Å². The zero-order valence-corrected chi connectivity index (χ0v) is 20.2. The second-order valence-electron chi connectivity index (χ2n) is 7.08. The normalized spacial score (nSPS) is 11.5. The monoisotopic (exact) mass is 501 g/mol. The summed E-state index contributed by atoms with van der Waals surface area (Å²) in [5.74, 6) is -0.0753. The first kappa shape index (κ1) is 23.2. The quantitative estimate of drug-likeness (QED) is 0.354. The number of carbonyl (C=O) groups is 1. The van der Waals surface area contributed by atoms with Gasteiger partial charge in [0.2, 0.25) is 0 Å². The molecular weight excluding hydrogens is 482 g/mol. The summed E-state index contributed by atoms with van der Waals surface area (Å²) >= 11 is 7.62. The van der Waals surface area contributed by atoms with Crippen LogP contribution in [-0.2, 0) is 16.4 Å². The average Bonchev–Trinajstić information content (AvgIpc) is 3.29. The minimum Gasteiger partial charge on any atom is -0.494 e. The molecule has 2 aromatic carbocycles. The van der Waals surface area contributed by atoms with Gasteiger partial charge in [-0.05, 0) is 35.9 Å². The maximum Gasteiger partial charge on any atom is 0.261 e. The molecule has 33 heavy (non-hydrogen) atoms. The van der Waals surface area contributed by atoms with Crippen molar-refractivity contribution in [2.45, 2.75) is 18.4 Å². The van der Waals surface area contributed by atoms with Crippen LogP contribution in [0.25, 0.3) is 10.2 Å². The van der Waals surface area contributed by atoms with E-state index in [-0.39, 0.29) is 22.8 Å². The van der Waals surface area contributed by atoms with Crippen LogP contribution in [0.1, 0.15) is 22.8 Å². The lowest BCUT2D eigenvalue weighted by atomic mass is 10.2. The molecule has 0 aliphatic rings. The lowest BCUT2D eigenvalue weighted by molar-refractivity contribution is 0.0982. The number of methoxy groups -OCH3 is 1. The number of halogens is 1. The van der Waals surface area contributed by atoms with Crippen molar-refractivity contribution in [2.75, 3.05) is 17.8 Å². The third-order valence-electron chi connectivity index (χ3n) is 5.04. The summed E-state index contributed by atoms with van der Waals surface area (Å²) in [5, 5.41) is 0.853. The highest BCUT2D eigenvalue weighted by Crippen LogP contribution is 2.39. The van der Waals surface area contributed by atoms with Gasteiger partial charge >= 0.3 is 0 Å². The Morgan fingerprint density at radius 2 is 1.94 bits per heavy atom. The Hall–Kier alpha value is -3.01. The molecule has 0 saturated carbocycles. The maximum absolute atomic E-state index is 13.8. The highest BCUT2D eigenvalue weighted by atomic mass is 35.5. The van der Waals surface area contributed by atoms with Gasteiger partial charge in [-0.25, -0.2) is 13.4 Å². The van der Waals surface area contributed by atoms with Crippen molar-refractivity contribution < 1.29 is 17.9 Å². The van der Waals surface area contributed by atoms with Gasteiger partial charge in [0.05, 0.1) is 39.6 Å². The van der Waals surface area contributed by atoms with Gasteiger partial charge in [0.1, 0.15) is 11.3 Å². The standard InChI is InChI=1S/C23H20ClN3O4S2/c1-3-33(29,30)19-9-5-4-8-16(19)22(28)27(14-15-7-6-12-25-13-15)23-26-20-18(31-2)11-10-17(24)21(20)32-23/h4-13H,3,14H2,1-2H3. The van der Waals surface area contributed by atoms with E-state index in [9.17, 15) is 13.2 Å². The smallest absolute Gasteiger partial charge is 0.261 e. The van der Waals surface area contributed by atoms with Crippen LogP contribution < -0.4 is 9.64 Å². The topological polar surface area (TPSA) is 89.5 Å². The Morgan fingerprint density at radius 3 is 2.64 bits per heavy atom. The van der Waals surface area contributed by atoms with Gasteiger partial charge in [0.15, 0.2) is 15.0 Å². The van der Waals surface area contributed by atoms with Crippen LogP contribution in [0.4, 0.5) is 5.13 Å². The van der Waals surface area contributed by atoms with Crippen molar-refractivity contribution in [3.05, 3.63) is 77.1 Å². The highest BCUT2D eigenvalue weighted by molar-refractivity contribution is 7.91.